The van der Waals surface area contributed by atoms with Gasteiger partial charge >= 0.3 is 0 Å². The van der Waals surface area contributed by atoms with Crippen LogP contribution in [0.25, 0.3) is 0 Å². The molecule has 28 valence electrons. The molecule has 0 unspecified atom stereocenters. The van der Waals surface area contributed by atoms with Gasteiger partial charge in [0.2, 0.25) is 0 Å². The molecule has 0 spiro atoms. The van der Waals surface area contributed by atoms with Crippen molar-refractivity contribution in [2.75, 3.05) is 0 Å². The molecule has 0 saturated heterocycles. The van der Waals surface area contributed by atoms with E-state index >= 15 is 0 Å². The van der Waals surface area contributed by atoms with Crippen molar-refractivity contribution in [3.05, 3.63) is 0 Å². The van der Waals surface area contributed by atoms with Crippen molar-refractivity contribution in [3.63, 3.8) is 0 Å². The minimum atomic E-state index is 0. The highest BCUT2D eigenvalue weighted by Gasteiger charge is 1.36. The lowest BCUT2D eigenvalue weighted by Crippen LogP contribution is -1.41. The van der Waals surface area contributed by atoms with Gasteiger partial charge < -0.3 is 5.48 Å². The molecule has 0 aliphatic heterocycles. The highest BCUT2D eigenvalue weighted by molar-refractivity contribution is 6.08. The summed E-state index contributed by atoms with van der Waals surface area (Å²) in [6.45, 7) is 2.19. The Hall–Kier alpha value is 0.177. The molecule has 2 heteroatoms. The Labute approximate surface area is 29.8 Å². The van der Waals surface area contributed by atoms with Crippen molar-refractivity contribution in [1.82, 2.24) is 0 Å². The second kappa shape index (κ2) is 10.9. The van der Waals surface area contributed by atoms with E-state index in [0.29, 0.717) is 0 Å². The summed E-state index contributed by atoms with van der Waals surface area (Å²) in [6, 6.07) is 1.39. The average Bonchev–Trinajstić information content (AvgIpc) is 0.918. The minimum absolute atomic E-state index is 0. The predicted molar refractivity (Wildman–Crippen MR) is 24.0 cm³/mol. The van der Waals surface area contributed by atoms with Crippen LogP contribution in [0, 0.1) is 0 Å². The van der Waals surface area contributed by atoms with Crippen molar-refractivity contribution in [2.45, 2.75) is 13.0 Å². The molecular weight excluding hydrogens is 68.1 g/mol. The van der Waals surface area contributed by atoms with E-state index in [0.717, 1.165) is 0 Å². The van der Waals surface area contributed by atoms with Gasteiger partial charge in [-0.2, -0.15) is 0 Å². The summed E-state index contributed by atoms with van der Waals surface area (Å²) in [5, 5.41) is 0. The first-order valence-corrected chi connectivity index (χ1v) is 2.83. The second-order valence-corrected chi connectivity index (χ2v) is 2.12. The van der Waals surface area contributed by atoms with Gasteiger partial charge in [-0.25, -0.2) is 0 Å². The fourth-order valence-corrected chi connectivity index (χ4v) is 0. The Morgan fingerprint density at radius 2 is 1.75 bits per heavy atom. The molecule has 0 aromatic rings. The van der Waals surface area contributed by atoms with Gasteiger partial charge in [-0.1, -0.05) is 13.0 Å². The molecule has 0 aliphatic carbocycles. The summed E-state index contributed by atoms with van der Waals surface area (Å²) < 4.78 is 0. The molecule has 0 aromatic carbocycles. The van der Waals surface area contributed by atoms with Crippen LogP contribution in [0.1, 0.15) is 6.92 Å². The third kappa shape index (κ3) is 96.4. The van der Waals surface area contributed by atoms with E-state index in [2.05, 4.69) is 6.92 Å². The summed E-state index contributed by atoms with van der Waals surface area (Å²) >= 11 is 0. The first kappa shape index (κ1) is 8.90. The maximum atomic E-state index is 2.19. The Morgan fingerprint density at radius 3 is 1.75 bits per heavy atom. The van der Waals surface area contributed by atoms with Crippen LogP contribution >= 0.6 is 0 Å². The third-order valence-electron chi connectivity index (χ3n) is 0. The first-order valence-electron chi connectivity index (χ1n) is 1.41. The monoisotopic (exact) mass is 78.1 g/mol. The number of hydrogen-bond acceptors (Lipinski definition) is 0. The zero-order valence-electron chi connectivity index (χ0n) is 3.21. The van der Waals surface area contributed by atoms with Crippen molar-refractivity contribution >= 4 is 10.2 Å². The fraction of sp³-hybridized carbons (Fsp3) is 1.00. The molecule has 0 fully saturated rings. The van der Waals surface area contributed by atoms with Crippen LogP contribution in [0.15, 0.2) is 0 Å². The molecule has 0 saturated carbocycles. The maximum absolute atomic E-state index is 2.19. The number of rotatable bonds is 0. The zero-order valence-corrected chi connectivity index (χ0v) is 5.21. The van der Waals surface area contributed by atoms with E-state index in [-0.39, 0.29) is 5.48 Å². The summed E-state index contributed by atoms with van der Waals surface area (Å²) in [7, 11) is 1.37. The van der Waals surface area contributed by atoms with Crippen molar-refractivity contribution < 1.29 is 5.48 Å². The molecule has 0 radical (unpaired) electrons. The van der Waals surface area contributed by atoms with Crippen LogP contribution in [0.2, 0.25) is 6.04 Å². The largest absolute Gasteiger partial charge is 0.412 e. The lowest BCUT2D eigenvalue weighted by Gasteiger charge is -1.47. The smallest absolute Gasteiger partial charge is 0.00244 e. The van der Waals surface area contributed by atoms with Gasteiger partial charge in [0.1, 0.15) is 0 Å². The molecule has 2 N–H and O–H groups in total. The SMILES string of the molecule is CC[SiH3].O. The predicted octanol–water partition coefficient (Wildman–Crippen LogP) is -1.03. The first-order chi connectivity index (χ1) is 1.41. The van der Waals surface area contributed by atoms with Crippen molar-refractivity contribution in [3.8, 4) is 0 Å². The minimum Gasteiger partial charge on any atom is -0.412 e. The zero-order chi connectivity index (χ0) is 2.71. The molecule has 4 heavy (non-hydrogen) atoms. The molecule has 0 bridgehead atoms. The van der Waals surface area contributed by atoms with Gasteiger partial charge in [0.15, 0.2) is 0 Å². The summed E-state index contributed by atoms with van der Waals surface area (Å²) in [5.74, 6) is 0. The van der Waals surface area contributed by atoms with Crippen LogP contribution in [0.5, 0.6) is 0 Å². The standard InChI is InChI=1S/C2H8Si.H2O/c1-2-3;/h2H2,1,3H3;1H2. The van der Waals surface area contributed by atoms with E-state index in [9.17, 15) is 0 Å². The van der Waals surface area contributed by atoms with Crippen LogP contribution in [0.3, 0.4) is 0 Å². The molecule has 0 aliphatic rings. The normalized spacial score (nSPS) is 5.25. The lowest BCUT2D eigenvalue weighted by atomic mass is 11.0. The van der Waals surface area contributed by atoms with Crippen molar-refractivity contribution in [2.24, 2.45) is 0 Å². The highest BCUT2D eigenvalue weighted by Crippen LogP contribution is 1.49. The van der Waals surface area contributed by atoms with Crippen LogP contribution in [-0.2, 0) is 0 Å². The molecule has 0 rings (SSSR count). The molecule has 0 atom stereocenters. The molecule has 0 aromatic heterocycles. The van der Waals surface area contributed by atoms with E-state index < -0.39 is 0 Å². The number of hydrogen-bond donors (Lipinski definition) is 0. The van der Waals surface area contributed by atoms with Gasteiger partial charge in [0, 0.05) is 10.2 Å². The molecule has 0 amide bonds. The van der Waals surface area contributed by atoms with E-state index in [4.69, 9.17) is 0 Å². The highest BCUT2D eigenvalue weighted by atomic mass is 28.1. The van der Waals surface area contributed by atoms with E-state index in [1.807, 2.05) is 0 Å². The van der Waals surface area contributed by atoms with Crippen LogP contribution in [-0.4, -0.2) is 15.7 Å². The van der Waals surface area contributed by atoms with Crippen LogP contribution < -0.4 is 0 Å². The van der Waals surface area contributed by atoms with Crippen molar-refractivity contribution in [1.29, 1.82) is 0 Å². The van der Waals surface area contributed by atoms with Gasteiger partial charge in [-0.05, 0) is 0 Å². The average molecular weight is 78.2 g/mol. The topological polar surface area (TPSA) is 31.5 Å². The molecule has 0 heterocycles. The van der Waals surface area contributed by atoms with E-state index in [1.165, 1.54) is 16.3 Å². The Balaban J connectivity index is 0. The Morgan fingerprint density at radius 1 is 1.75 bits per heavy atom. The summed E-state index contributed by atoms with van der Waals surface area (Å²) in [5.41, 5.74) is 0. The summed E-state index contributed by atoms with van der Waals surface area (Å²) in [6.07, 6.45) is 0. The summed E-state index contributed by atoms with van der Waals surface area (Å²) in [4.78, 5) is 0. The Bertz CT molecular complexity index is 6.00. The quantitative estimate of drug-likeness (QED) is 0.332. The van der Waals surface area contributed by atoms with Gasteiger partial charge in [-0.3, -0.25) is 0 Å². The fourth-order valence-electron chi connectivity index (χ4n) is 0. The van der Waals surface area contributed by atoms with Gasteiger partial charge in [0.25, 0.3) is 0 Å². The van der Waals surface area contributed by atoms with E-state index in [1.54, 1.807) is 0 Å². The second-order valence-electron chi connectivity index (χ2n) is 0.707. The maximum Gasteiger partial charge on any atom is 0.00244 e. The molecular formula is C2H10OSi. The molecule has 1 nitrogen and oxygen atoms in total. The van der Waals surface area contributed by atoms with Gasteiger partial charge in [0.05, 0.1) is 0 Å². The van der Waals surface area contributed by atoms with Gasteiger partial charge in [-0.15, -0.1) is 0 Å². The van der Waals surface area contributed by atoms with Crippen LogP contribution in [0.4, 0.5) is 0 Å². The Kier molecular flexibility index (Phi) is 24.2. The third-order valence-corrected chi connectivity index (χ3v) is 0. The lowest BCUT2D eigenvalue weighted by molar-refractivity contribution is 0.824.